The molecule has 0 radical (unpaired) electrons. The van der Waals surface area contributed by atoms with E-state index >= 15 is 0 Å². The van der Waals surface area contributed by atoms with Crippen LogP contribution in [-0.2, 0) is 16.0 Å². The average molecular weight is 671 g/mol. The summed E-state index contributed by atoms with van der Waals surface area (Å²) in [6.45, 7) is 0.142. The van der Waals surface area contributed by atoms with Crippen molar-refractivity contribution in [2.75, 3.05) is 18.7 Å². The van der Waals surface area contributed by atoms with Crippen molar-refractivity contribution in [2.24, 2.45) is 0 Å². The van der Waals surface area contributed by atoms with E-state index in [1.165, 1.54) is 29.2 Å². The summed E-state index contributed by atoms with van der Waals surface area (Å²) in [4.78, 5) is 46.1. The molecule has 3 aromatic carbocycles. The number of pyridine rings is 1. The predicted molar refractivity (Wildman–Crippen MR) is 171 cm³/mol. The second-order valence-electron chi connectivity index (χ2n) is 10.9. The van der Waals surface area contributed by atoms with E-state index in [0.717, 1.165) is 5.56 Å². The summed E-state index contributed by atoms with van der Waals surface area (Å²) in [5.74, 6) is -2.20. The minimum absolute atomic E-state index is 0.0466. The Morgan fingerprint density at radius 1 is 1.02 bits per heavy atom. The molecule has 13 nitrogen and oxygen atoms in total. The van der Waals surface area contributed by atoms with Crippen LogP contribution in [0.5, 0.6) is 0 Å². The first-order valence-corrected chi connectivity index (χ1v) is 15.1. The van der Waals surface area contributed by atoms with Crippen LogP contribution in [0.4, 0.5) is 10.1 Å². The standard InChI is InChI=1S/C33H28ClFN8O5/c34-22-15-26(37-27(16-22)33(47)43-18-48-17-28(43)20-9-11-23(35)12-10-20)31(45)38-25(13-19-5-2-1-3-6-19)29(44)32(46)36-24-8-4-7-21(14-24)30-39-41-42-40-30/h1-12,14-16,25,28-29,44H,13,17-18H2,(H,36,46)(H,38,45)(H,39,40,41,42)/t25-,28+,29-/m0/s1. The number of carbonyl (C=O) groups excluding carboxylic acids is 3. The SMILES string of the molecule is O=C(N[C@@H](Cc1ccccc1)[C@H](O)C(=O)Nc1cccc(-c2nn[nH]n2)c1)c1cc(Cl)cc(C(=O)N2COC[C@@H]2c2ccc(F)cc2)n1. The number of H-pyrrole nitrogens is 1. The number of hydrogen-bond donors (Lipinski definition) is 4. The molecule has 5 aromatic rings. The summed E-state index contributed by atoms with van der Waals surface area (Å²) in [5.41, 5.74) is 2.01. The lowest BCUT2D eigenvalue weighted by Gasteiger charge is -2.24. The zero-order chi connectivity index (χ0) is 33.6. The smallest absolute Gasteiger partial charge is 0.274 e. The Kier molecular flexibility index (Phi) is 9.75. The molecule has 3 amide bonds. The lowest BCUT2D eigenvalue weighted by atomic mass is 10.00. The van der Waals surface area contributed by atoms with Crippen LogP contribution < -0.4 is 10.6 Å². The highest BCUT2D eigenvalue weighted by atomic mass is 35.5. The van der Waals surface area contributed by atoms with Gasteiger partial charge in [0.25, 0.3) is 17.7 Å². The molecule has 2 aromatic heterocycles. The van der Waals surface area contributed by atoms with Crippen LogP contribution in [-0.4, -0.2) is 78.8 Å². The number of benzene rings is 3. The molecule has 15 heteroatoms. The largest absolute Gasteiger partial charge is 0.381 e. The third-order valence-electron chi connectivity index (χ3n) is 7.64. The first kappa shape index (κ1) is 32.4. The first-order chi connectivity index (χ1) is 23.2. The zero-order valence-corrected chi connectivity index (χ0v) is 25.8. The van der Waals surface area contributed by atoms with Crippen molar-refractivity contribution in [1.82, 2.24) is 35.8 Å². The van der Waals surface area contributed by atoms with Crippen LogP contribution in [0, 0.1) is 5.82 Å². The molecular formula is C33H28ClFN8O5. The number of amides is 3. The fraction of sp³-hybridized carbons (Fsp3) is 0.182. The van der Waals surface area contributed by atoms with E-state index in [1.807, 2.05) is 6.07 Å². The first-order valence-electron chi connectivity index (χ1n) is 14.7. The normalized spacial score (nSPS) is 15.5. The van der Waals surface area contributed by atoms with E-state index in [1.54, 1.807) is 60.7 Å². The number of aromatic amines is 1. The van der Waals surface area contributed by atoms with Gasteiger partial charge < -0.3 is 25.4 Å². The summed E-state index contributed by atoms with van der Waals surface area (Å²) < 4.78 is 19.0. The third-order valence-corrected chi connectivity index (χ3v) is 7.86. The van der Waals surface area contributed by atoms with Crippen molar-refractivity contribution in [1.29, 1.82) is 0 Å². The number of rotatable bonds is 10. The van der Waals surface area contributed by atoms with Gasteiger partial charge in [-0.3, -0.25) is 14.4 Å². The van der Waals surface area contributed by atoms with Gasteiger partial charge in [-0.25, -0.2) is 9.37 Å². The summed E-state index contributed by atoms with van der Waals surface area (Å²) in [7, 11) is 0. The number of ether oxygens (including phenoxy) is 1. The van der Waals surface area contributed by atoms with E-state index in [2.05, 4.69) is 36.2 Å². The molecule has 1 aliphatic rings. The molecule has 1 aliphatic heterocycles. The molecule has 6 rings (SSSR count). The molecule has 0 spiro atoms. The van der Waals surface area contributed by atoms with Gasteiger partial charge >= 0.3 is 0 Å². The summed E-state index contributed by atoms with van der Waals surface area (Å²) in [6.07, 6.45) is -1.62. The van der Waals surface area contributed by atoms with Gasteiger partial charge in [0, 0.05) is 16.3 Å². The summed E-state index contributed by atoms with van der Waals surface area (Å²) in [5, 5.41) is 30.4. The number of aliphatic hydroxyl groups excluding tert-OH is 1. The third kappa shape index (κ3) is 7.52. The lowest BCUT2D eigenvalue weighted by molar-refractivity contribution is -0.125. The number of carbonyl (C=O) groups is 3. The Bertz CT molecular complexity index is 1910. The molecule has 3 heterocycles. The van der Waals surface area contributed by atoms with E-state index in [0.29, 0.717) is 22.6 Å². The summed E-state index contributed by atoms with van der Waals surface area (Å²) >= 11 is 6.34. The van der Waals surface area contributed by atoms with Crippen molar-refractivity contribution in [2.45, 2.75) is 24.6 Å². The second-order valence-corrected chi connectivity index (χ2v) is 11.4. The predicted octanol–water partition coefficient (Wildman–Crippen LogP) is 3.57. The van der Waals surface area contributed by atoms with Crippen LogP contribution in [0.2, 0.25) is 5.02 Å². The maximum Gasteiger partial charge on any atom is 0.274 e. The highest BCUT2D eigenvalue weighted by Gasteiger charge is 2.33. The monoisotopic (exact) mass is 670 g/mol. The van der Waals surface area contributed by atoms with Crippen LogP contribution >= 0.6 is 11.6 Å². The molecule has 4 N–H and O–H groups in total. The highest BCUT2D eigenvalue weighted by molar-refractivity contribution is 6.31. The van der Waals surface area contributed by atoms with Gasteiger partial charge in [0.2, 0.25) is 5.82 Å². The van der Waals surface area contributed by atoms with Gasteiger partial charge in [-0.05, 0) is 59.2 Å². The number of halogens is 2. The molecular weight excluding hydrogens is 643 g/mol. The molecule has 0 unspecified atom stereocenters. The number of aliphatic hydroxyl groups is 1. The number of anilines is 1. The average Bonchev–Trinajstić information content (AvgIpc) is 3.82. The Labute approximate surface area is 278 Å². The Hall–Kier alpha value is -5.57. The molecule has 48 heavy (non-hydrogen) atoms. The molecule has 0 aliphatic carbocycles. The van der Waals surface area contributed by atoms with Gasteiger partial charge in [0.1, 0.15) is 23.9 Å². The topological polar surface area (TPSA) is 175 Å². The Balaban J connectivity index is 1.21. The molecule has 0 bridgehead atoms. The fourth-order valence-electron chi connectivity index (χ4n) is 5.25. The molecule has 0 saturated carbocycles. The van der Waals surface area contributed by atoms with Crippen molar-refractivity contribution in [3.63, 3.8) is 0 Å². The number of nitrogens with zero attached hydrogens (tertiary/aromatic N) is 5. The van der Waals surface area contributed by atoms with Crippen LogP contribution in [0.25, 0.3) is 11.4 Å². The van der Waals surface area contributed by atoms with Gasteiger partial charge in [0.05, 0.1) is 18.7 Å². The highest BCUT2D eigenvalue weighted by Crippen LogP contribution is 2.28. The van der Waals surface area contributed by atoms with Crippen LogP contribution in [0.3, 0.4) is 0 Å². The Morgan fingerprint density at radius 2 is 1.79 bits per heavy atom. The van der Waals surface area contributed by atoms with E-state index in [4.69, 9.17) is 16.3 Å². The number of hydrogen-bond acceptors (Lipinski definition) is 9. The quantitative estimate of drug-likeness (QED) is 0.173. The van der Waals surface area contributed by atoms with Crippen molar-refractivity contribution < 1.29 is 28.6 Å². The van der Waals surface area contributed by atoms with E-state index in [9.17, 15) is 23.9 Å². The van der Waals surface area contributed by atoms with Crippen LogP contribution in [0.15, 0.2) is 91.0 Å². The zero-order valence-electron chi connectivity index (χ0n) is 25.1. The van der Waals surface area contributed by atoms with E-state index < -0.39 is 41.7 Å². The van der Waals surface area contributed by atoms with Gasteiger partial charge in [-0.2, -0.15) is 5.21 Å². The maximum atomic E-state index is 13.6. The van der Waals surface area contributed by atoms with Gasteiger partial charge in [0.15, 0.2) is 6.10 Å². The van der Waals surface area contributed by atoms with Gasteiger partial charge in [-0.15, -0.1) is 10.2 Å². The van der Waals surface area contributed by atoms with E-state index in [-0.39, 0.29) is 36.2 Å². The minimum Gasteiger partial charge on any atom is -0.381 e. The molecule has 244 valence electrons. The molecule has 3 atom stereocenters. The van der Waals surface area contributed by atoms with Crippen LogP contribution in [0.1, 0.15) is 38.1 Å². The number of nitrogens with one attached hydrogen (secondary N) is 3. The lowest BCUT2D eigenvalue weighted by Crippen LogP contribution is -2.50. The van der Waals surface area contributed by atoms with Gasteiger partial charge in [-0.1, -0.05) is 66.2 Å². The molecule has 1 fully saturated rings. The van der Waals surface area contributed by atoms with Crippen molar-refractivity contribution in [3.05, 3.63) is 124 Å². The number of tetrazole rings is 1. The minimum atomic E-state index is -1.71. The fourth-order valence-corrected chi connectivity index (χ4v) is 5.45. The Morgan fingerprint density at radius 3 is 2.54 bits per heavy atom. The maximum absolute atomic E-state index is 13.6. The second kappa shape index (κ2) is 14.5. The summed E-state index contributed by atoms with van der Waals surface area (Å²) in [6, 6.07) is 22.3. The number of aromatic nitrogens is 5. The van der Waals surface area contributed by atoms with Crippen molar-refractivity contribution in [3.8, 4) is 11.4 Å². The molecule has 1 saturated heterocycles. The van der Waals surface area contributed by atoms with Crippen molar-refractivity contribution >= 4 is 35.0 Å².